The van der Waals surface area contributed by atoms with E-state index < -0.39 is 0 Å². The normalized spacial score (nSPS) is 10.6. The first-order chi connectivity index (χ1) is 10.2. The molecule has 1 heterocycles. The van der Waals surface area contributed by atoms with E-state index in [9.17, 15) is 4.79 Å². The van der Waals surface area contributed by atoms with Gasteiger partial charge in [0.15, 0.2) is 6.29 Å². The van der Waals surface area contributed by atoms with Crippen LogP contribution in [0.3, 0.4) is 0 Å². The number of nitrogens with zero attached hydrogens (tertiary/aromatic N) is 2. The number of aryl methyl sites for hydroxylation is 1. The van der Waals surface area contributed by atoms with Crippen molar-refractivity contribution in [2.75, 3.05) is 0 Å². The summed E-state index contributed by atoms with van der Waals surface area (Å²) in [6.45, 7) is 2.02. The van der Waals surface area contributed by atoms with Gasteiger partial charge in [-0.05, 0) is 36.8 Å². The van der Waals surface area contributed by atoms with Crippen molar-refractivity contribution in [3.8, 4) is 16.9 Å². The molecule has 0 bridgehead atoms. The topological polar surface area (TPSA) is 34.9 Å². The first-order valence-corrected chi connectivity index (χ1v) is 7.35. The van der Waals surface area contributed by atoms with Crippen LogP contribution in [0, 0.1) is 6.92 Å². The van der Waals surface area contributed by atoms with Crippen molar-refractivity contribution in [1.29, 1.82) is 0 Å². The fraction of sp³-hybridized carbons (Fsp3) is 0.0588. The fourth-order valence-electron chi connectivity index (χ4n) is 2.20. The quantitative estimate of drug-likeness (QED) is 0.661. The van der Waals surface area contributed by atoms with E-state index in [1.807, 2.05) is 55.5 Å². The number of aldehydes is 1. The highest BCUT2D eigenvalue weighted by atomic mass is 79.9. The summed E-state index contributed by atoms with van der Waals surface area (Å²) < 4.78 is 2.78. The van der Waals surface area contributed by atoms with E-state index in [-0.39, 0.29) is 0 Å². The number of benzene rings is 2. The second-order valence-corrected chi connectivity index (χ2v) is 5.65. The second kappa shape index (κ2) is 5.66. The maximum Gasteiger partial charge on any atom is 0.153 e. The summed E-state index contributed by atoms with van der Waals surface area (Å²) >= 11 is 3.48. The Bertz CT molecular complexity index is 794. The molecule has 3 nitrogen and oxygen atoms in total. The largest absolute Gasteiger partial charge is 0.298 e. The zero-order valence-electron chi connectivity index (χ0n) is 11.5. The Kier molecular flexibility index (Phi) is 3.71. The van der Waals surface area contributed by atoms with Crippen LogP contribution < -0.4 is 0 Å². The number of hydrogen-bond acceptors (Lipinski definition) is 2. The van der Waals surface area contributed by atoms with Crippen LogP contribution in [0.5, 0.6) is 0 Å². The Morgan fingerprint density at radius 3 is 2.57 bits per heavy atom. The number of halogens is 1. The second-order valence-electron chi connectivity index (χ2n) is 4.79. The molecule has 21 heavy (non-hydrogen) atoms. The lowest BCUT2D eigenvalue weighted by molar-refractivity contribution is 0.112. The average Bonchev–Trinajstić information content (AvgIpc) is 2.95. The zero-order chi connectivity index (χ0) is 14.8. The molecule has 0 amide bonds. The molecule has 3 aromatic rings. The van der Waals surface area contributed by atoms with Gasteiger partial charge in [0.05, 0.1) is 11.3 Å². The molecule has 0 atom stereocenters. The van der Waals surface area contributed by atoms with Crippen molar-refractivity contribution in [1.82, 2.24) is 9.78 Å². The standard InChI is InChI=1S/C17H13BrN2O/c1-12-9-13(7-8-16(12)18)17-14(11-21)10-20(19-17)15-5-3-2-4-6-15/h2-11H,1H3. The van der Waals surface area contributed by atoms with E-state index >= 15 is 0 Å². The van der Waals surface area contributed by atoms with Crippen LogP contribution >= 0.6 is 15.9 Å². The van der Waals surface area contributed by atoms with Gasteiger partial charge >= 0.3 is 0 Å². The summed E-state index contributed by atoms with van der Waals surface area (Å²) in [5, 5.41) is 4.56. The van der Waals surface area contributed by atoms with E-state index in [0.717, 1.165) is 27.6 Å². The average molecular weight is 341 g/mol. The first kappa shape index (κ1) is 13.8. The molecule has 0 fully saturated rings. The van der Waals surface area contributed by atoms with Gasteiger partial charge in [-0.2, -0.15) is 5.10 Å². The van der Waals surface area contributed by atoms with Crippen LogP contribution in [-0.4, -0.2) is 16.1 Å². The van der Waals surface area contributed by atoms with Gasteiger partial charge in [0.2, 0.25) is 0 Å². The predicted molar refractivity (Wildman–Crippen MR) is 86.8 cm³/mol. The van der Waals surface area contributed by atoms with Gasteiger partial charge in [0.25, 0.3) is 0 Å². The van der Waals surface area contributed by atoms with Crippen molar-refractivity contribution in [3.05, 3.63) is 70.3 Å². The number of aromatic nitrogens is 2. The molecule has 0 radical (unpaired) electrons. The number of hydrogen-bond donors (Lipinski definition) is 0. The Hall–Kier alpha value is -2.20. The third kappa shape index (κ3) is 2.67. The molecule has 0 spiro atoms. The summed E-state index contributed by atoms with van der Waals surface area (Å²) in [7, 11) is 0. The predicted octanol–water partition coefficient (Wildman–Crippen LogP) is 4.42. The van der Waals surface area contributed by atoms with E-state index in [1.54, 1.807) is 10.9 Å². The van der Waals surface area contributed by atoms with E-state index in [0.29, 0.717) is 11.3 Å². The molecule has 0 saturated carbocycles. The van der Waals surface area contributed by atoms with E-state index in [2.05, 4.69) is 21.0 Å². The third-order valence-electron chi connectivity index (χ3n) is 3.32. The van der Waals surface area contributed by atoms with Crippen molar-refractivity contribution in [2.24, 2.45) is 0 Å². The van der Waals surface area contributed by atoms with Crippen molar-refractivity contribution < 1.29 is 4.79 Å². The molecule has 3 rings (SSSR count). The molecule has 0 aliphatic heterocycles. The lowest BCUT2D eigenvalue weighted by atomic mass is 10.1. The highest BCUT2D eigenvalue weighted by molar-refractivity contribution is 9.10. The van der Waals surface area contributed by atoms with Crippen LogP contribution in [0.15, 0.2) is 59.2 Å². The maximum absolute atomic E-state index is 11.3. The van der Waals surface area contributed by atoms with Crippen LogP contribution in [-0.2, 0) is 0 Å². The highest BCUT2D eigenvalue weighted by Gasteiger charge is 2.12. The zero-order valence-corrected chi connectivity index (χ0v) is 13.0. The van der Waals surface area contributed by atoms with Gasteiger partial charge in [-0.15, -0.1) is 0 Å². The number of carbonyl (C=O) groups is 1. The molecule has 1 aromatic heterocycles. The van der Waals surface area contributed by atoms with Crippen LogP contribution in [0.1, 0.15) is 15.9 Å². The summed E-state index contributed by atoms with van der Waals surface area (Å²) in [6.07, 6.45) is 2.61. The molecule has 0 unspecified atom stereocenters. The molecule has 0 N–H and O–H groups in total. The van der Waals surface area contributed by atoms with Gasteiger partial charge < -0.3 is 0 Å². The highest BCUT2D eigenvalue weighted by Crippen LogP contribution is 2.26. The van der Waals surface area contributed by atoms with Crippen molar-refractivity contribution >= 4 is 22.2 Å². The van der Waals surface area contributed by atoms with Gasteiger partial charge in [0, 0.05) is 16.2 Å². The van der Waals surface area contributed by atoms with E-state index in [4.69, 9.17) is 0 Å². The molecule has 0 aliphatic rings. The molecular formula is C17H13BrN2O. The lowest BCUT2D eigenvalue weighted by Crippen LogP contribution is -1.94. The Morgan fingerprint density at radius 1 is 1.14 bits per heavy atom. The first-order valence-electron chi connectivity index (χ1n) is 6.56. The summed E-state index contributed by atoms with van der Waals surface area (Å²) in [5.74, 6) is 0. The van der Waals surface area contributed by atoms with Crippen LogP contribution in [0.4, 0.5) is 0 Å². The number of rotatable bonds is 3. The van der Waals surface area contributed by atoms with Gasteiger partial charge in [-0.1, -0.05) is 40.2 Å². The maximum atomic E-state index is 11.3. The minimum Gasteiger partial charge on any atom is -0.298 e. The molecule has 104 valence electrons. The monoisotopic (exact) mass is 340 g/mol. The minimum absolute atomic E-state index is 0.584. The lowest BCUT2D eigenvalue weighted by Gasteiger charge is -2.03. The van der Waals surface area contributed by atoms with Gasteiger partial charge in [0.1, 0.15) is 5.69 Å². The summed E-state index contributed by atoms with van der Waals surface area (Å²) in [6, 6.07) is 15.7. The Morgan fingerprint density at radius 2 is 1.90 bits per heavy atom. The van der Waals surface area contributed by atoms with Crippen molar-refractivity contribution in [2.45, 2.75) is 6.92 Å². The number of carbonyl (C=O) groups excluding carboxylic acids is 1. The molecule has 0 aliphatic carbocycles. The van der Waals surface area contributed by atoms with Gasteiger partial charge in [-0.25, -0.2) is 4.68 Å². The van der Waals surface area contributed by atoms with Crippen molar-refractivity contribution in [3.63, 3.8) is 0 Å². The smallest absolute Gasteiger partial charge is 0.153 e. The van der Waals surface area contributed by atoms with E-state index in [1.165, 1.54) is 0 Å². The molecular weight excluding hydrogens is 328 g/mol. The summed E-state index contributed by atoms with van der Waals surface area (Å²) in [5.41, 5.74) is 4.26. The third-order valence-corrected chi connectivity index (χ3v) is 4.21. The van der Waals surface area contributed by atoms with Gasteiger partial charge in [-0.3, -0.25) is 4.79 Å². The SMILES string of the molecule is Cc1cc(-c2nn(-c3ccccc3)cc2C=O)ccc1Br. The molecule has 0 saturated heterocycles. The molecule has 4 heteroatoms. The molecule has 2 aromatic carbocycles. The van der Waals surface area contributed by atoms with Crippen LogP contribution in [0.25, 0.3) is 16.9 Å². The number of para-hydroxylation sites is 1. The summed E-state index contributed by atoms with van der Waals surface area (Å²) in [4.78, 5) is 11.3. The Balaban J connectivity index is 2.12. The minimum atomic E-state index is 0.584. The Labute approximate surface area is 131 Å². The fourth-order valence-corrected chi connectivity index (χ4v) is 2.45. The van der Waals surface area contributed by atoms with Crippen LogP contribution in [0.2, 0.25) is 0 Å².